The second kappa shape index (κ2) is 8.24. The van der Waals surface area contributed by atoms with Crippen molar-refractivity contribution in [3.8, 4) is 0 Å². The van der Waals surface area contributed by atoms with Gasteiger partial charge in [0.25, 0.3) is 0 Å². The second-order valence-corrected chi connectivity index (χ2v) is 9.94. The highest BCUT2D eigenvalue weighted by Crippen LogP contribution is 2.82. The highest BCUT2D eigenvalue weighted by Gasteiger charge is 2.65. The Morgan fingerprint density at radius 3 is 1.24 bits per heavy atom. The summed E-state index contributed by atoms with van der Waals surface area (Å²) in [5.41, 5.74) is 0. The van der Waals surface area contributed by atoms with E-state index in [-0.39, 0.29) is 26.4 Å². The van der Waals surface area contributed by atoms with Crippen LogP contribution < -0.4 is 0 Å². The van der Waals surface area contributed by atoms with Crippen LogP contribution >= 0.6 is 15.2 Å². The summed E-state index contributed by atoms with van der Waals surface area (Å²) in [7, 11) is -7.18. The Morgan fingerprint density at radius 2 is 1.00 bits per heavy atom. The maximum absolute atomic E-state index is 13.4. The summed E-state index contributed by atoms with van der Waals surface area (Å²) < 4.78 is 48.7. The summed E-state index contributed by atoms with van der Waals surface area (Å²) in [6.45, 7) is 7.94. The molecule has 0 spiro atoms. The van der Waals surface area contributed by atoms with Crippen LogP contribution in [0.15, 0.2) is 0 Å². The van der Waals surface area contributed by atoms with Crippen LogP contribution in [0, 0.1) is 0 Å². The summed E-state index contributed by atoms with van der Waals surface area (Å²) in [6, 6.07) is 0. The fourth-order valence-electron chi connectivity index (χ4n) is 2.87. The maximum Gasteiger partial charge on any atom is 0.348 e. The third kappa shape index (κ3) is 3.63. The normalized spacial score (nSPS) is 19.0. The molecule has 0 atom stereocenters. The summed E-state index contributed by atoms with van der Waals surface area (Å²) in [5, 5.41) is 0. The van der Waals surface area contributed by atoms with Crippen LogP contribution in [-0.4, -0.2) is 31.3 Å². The van der Waals surface area contributed by atoms with Crippen LogP contribution in [0.2, 0.25) is 0 Å². The molecule has 0 amide bonds. The van der Waals surface area contributed by atoms with Crippen molar-refractivity contribution in [2.45, 2.75) is 58.3 Å². The SMILES string of the molecule is CCOP(=O)(OCC)C1(P(=O)(OCC)OCC)CCCC1. The molecule has 0 heterocycles. The Balaban J connectivity index is 3.34. The van der Waals surface area contributed by atoms with Gasteiger partial charge in [0.05, 0.1) is 26.4 Å². The van der Waals surface area contributed by atoms with Crippen molar-refractivity contribution in [1.29, 1.82) is 0 Å². The van der Waals surface area contributed by atoms with E-state index in [1.165, 1.54) is 0 Å². The minimum Gasteiger partial charge on any atom is -0.308 e. The lowest BCUT2D eigenvalue weighted by Crippen LogP contribution is -2.30. The van der Waals surface area contributed by atoms with Gasteiger partial charge in [-0.1, -0.05) is 12.8 Å². The van der Waals surface area contributed by atoms with E-state index in [0.29, 0.717) is 12.8 Å². The lowest BCUT2D eigenvalue weighted by molar-refractivity contribution is 0.177. The molecule has 21 heavy (non-hydrogen) atoms. The molecule has 0 aromatic carbocycles. The van der Waals surface area contributed by atoms with Crippen molar-refractivity contribution >= 4 is 15.2 Å². The molecular weight excluding hydrogens is 314 g/mol. The zero-order chi connectivity index (χ0) is 16.0. The Morgan fingerprint density at radius 1 is 0.714 bits per heavy atom. The van der Waals surface area contributed by atoms with Gasteiger partial charge in [-0.15, -0.1) is 0 Å². The van der Waals surface area contributed by atoms with Crippen molar-refractivity contribution in [3.05, 3.63) is 0 Å². The van der Waals surface area contributed by atoms with Crippen LogP contribution in [0.25, 0.3) is 0 Å². The minimum atomic E-state index is -3.59. The lowest BCUT2D eigenvalue weighted by atomic mass is 10.4. The largest absolute Gasteiger partial charge is 0.348 e. The van der Waals surface area contributed by atoms with Crippen molar-refractivity contribution in [2.24, 2.45) is 0 Å². The van der Waals surface area contributed by atoms with E-state index in [1.54, 1.807) is 27.7 Å². The molecule has 0 N–H and O–H groups in total. The van der Waals surface area contributed by atoms with Gasteiger partial charge >= 0.3 is 15.2 Å². The first-order valence-corrected chi connectivity index (χ1v) is 10.8. The molecule has 126 valence electrons. The first kappa shape index (κ1) is 19.3. The molecule has 1 fully saturated rings. The molecule has 1 aliphatic carbocycles. The Labute approximate surface area is 127 Å². The monoisotopic (exact) mass is 342 g/mol. The maximum atomic E-state index is 13.4. The molecule has 0 bridgehead atoms. The molecule has 0 aromatic heterocycles. The van der Waals surface area contributed by atoms with E-state index < -0.39 is 20.1 Å². The quantitative estimate of drug-likeness (QED) is 0.532. The third-order valence-corrected chi connectivity index (χ3v) is 10.4. The van der Waals surface area contributed by atoms with Crippen molar-refractivity contribution < 1.29 is 27.2 Å². The molecule has 0 aromatic rings. The number of hydrogen-bond acceptors (Lipinski definition) is 6. The van der Waals surface area contributed by atoms with Crippen LogP contribution in [0.5, 0.6) is 0 Å². The van der Waals surface area contributed by atoms with Gasteiger partial charge in [0, 0.05) is 0 Å². The first-order chi connectivity index (χ1) is 9.95. The van der Waals surface area contributed by atoms with Gasteiger partial charge in [-0.2, -0.15) is 0 Å². The average molecular weight is 342 g/mol. The zero-order valence-corrected chi connectivity index (χ0v) is 15.3. The van der Waals surface area contributed by atoms with Crippen molar-refractivity contribution in [1.82, 2.24) is 0 Å². The highest BCUT2D eigenvalue weighted by atomic mass is 31.2. The molecule has 6 nitrogen and oxygen atoms in total. The fourth-order valence-corrected chi connectivity index (χ4v) is 8.96. The van der Waals surface area contributed by atoms with Crippen LogP contribution in [0.3, 0.4) is 0 Å². The molecule has 0 saturated heterocycles. The number of rotatable bonds is 10. The zero-order valence-electron chi connectivity index (χ0n) is 13.5. The molecule has 0 unspecified atom stereocenters. The summed E-state index contributed by atoms with van der Waals surface area (Å²) in [5.74, 6) is 0. The van der Waals surface area contributed by atoms with Crippen LogP contribution in [-0.2, 0) is 27.2 Å². The molecule has 1 saturated carbocycles. The van der Waals surface area contributed by atoms with Crippen molar-refractivity contribution in [3.63, 3.8) is 0 Å². The molecule has 1 rings (SSSR count). The average Bonchev–Trinajstić information content (AvgIpc) is 2.91. The summed E-state index contributed by atoms with van der Waals surface area (Å²) in [6.07, 6.45) is 2.58. The predicted molar refractivity (Wildman–Crippen MR) is 82.9 cm³/mol. The smallest absolute Gasteiger partial charge is 0.308 e. The van der Waals surface area contributed by atoms with Crippen LogP contribution in [0.4, 0.5) is 0 Å². The Kier molecular flexibility index (Phi) is 7.59. The van der Waals surface area contributed by atoms with Gasteiger partial charge in [0.2, 0.25) is 0 Å². The topological polar surface area (TPSA) is 71.1 Å². The number of hydrogen-bond donors (Lipinski definition) is 0. The molecule has 0 radical (unpaired) electrons. The third-order valence-electron chi connectivity index (χ3n) is 3.62. The fraction of sp³-hybridized carbons (Fsp3) is 1.00. The van der Waals surface area contributed by atoms with Gasteiger partial charge in [-0.3, -0.25) is 9.13 Å². The Bertz CT molecular complexity index is 353. The Hall–Kier alpha value is 0.300. The standard InChI is InChI=1S/C13H28O6P2/c1-5-16-20(14,17-6-2)13(11-9-10-12-13)21(15,18-7-3)19-8-4/h5-12H2,1-4H3. The van der Waals surface area contributed by atoms with Gasteiger partial charge in [-0.25, -0.2) is 0 Å². The van der Waals surface area contributed by atoms with Gasteiger partial charge in [0.1, 0.15) is 0 Å². The minimum absolute atomic E-state index is 0.233. The van der Waals surface area contributed by atoms with Crippen LogP contribution in [0.1, 0.15) is 53.4 Å². The van der Waals surface area contributed by atoms with Gasteiger partial charge < -0.3 is 18.1 Å². The molecule has 8 heteroatoms. The lowest BCUT2D eigenvalue weighted by Gasteiger charge is -2.39. The summed E-state index contributed by atoms with van der Waals surface area (Å²) in [4.78, 5) is -1.17. The summed E-state index contributed by atoms with van der Waals surface area (Å²) >= 11 is 0. The first-order valence-electron chi connectivity index (χ1n) is 7.73. The van der Waals surface area contributed by atoms with E-state index in [2.05, 4.69) is 0 Å². The molecule has 0 aliphatic heterocycles. The second-order valence-electron chi connectivity index (χ2n) is 4.86. The molecular formula is C13H28O6P2. The predicted octanol–water partition coefficient (Wildman–Crippen LogP) is 4.79. The van der Waals surface area contributed by atoms with Crippen molar-refractivity contribution in [2.75, 3.05) is 26.4 Å². The van der Waals surface area contributed by atoms with E-state index in [0.717, 1.165) is 12.8 Å². The van der Waals surface area contributed by atoms with Gasteiger partial charge in [0.15, 0.2) is 4.90 Å². The van der Waals surface area contributed by atoms with E-state index >= 15 is 0 Å². The van der Waals surface area contributed by atoms with E-state index in [1.807, 2.05) is 0 Å². The highest BCUT2D eigenvalue weighted by molar-refractivity contribution is 7.74. The van der Waals surface area contributed by atoms with E-state index in [9.17, 15) is 9.13 Å². The van der Waals surface area contributed by atoms with Gasteiger partial charge in [-0.05, 0) is 40.5 Å². The van der Waals surface area contributed by atoms with E-state index in [4.69, 9.17) is 18.1 Å². The molecule has 1 aliphatic rings.